The number of nitrogens with zero attached hydrogens (tertiary/aromatic N) is 1. The maximum absolute atomic E-state index is 13.5. The fraction of sp³-hybridized carbons (Fsp3) is 0.176. The summed E-state index contributed by atoms with van der Waals surface area (Å²) in [6.07, 6.45) is 0.629. The molecule has 0 saturated carbocycles. The number of para-hydroxylation sites is 3. The van der Waals surface area contributed by atoms with Crippen molar-refractivity contribution in [2.45, 2.75) is 19.4 Å². The number of aromatic nitrogens is 1. The van der Waals surface area contributed by atoms with Gasteiger partial charge in [0, 0.05) is 13.0 Å². The fourth-order valence-electron chi connectivity index (χ4n) is 2.40. The molecule has 1 aromatic heterocycles. The third-order valence-corrected chi connectivity index (χ3v) is 3.51. The number of benzene rings is 2. The first-order valence-electron chi connectivity index (χ1n) is 7.28. The van der Waals surface area contributed by atoms with Crippen LogP contribution in [0.2, 0.25) is 0 Å². The van der Waals surface area contributed by atoms with Gasteiger partial charge in [0.15, 0.2) is 5.58 Å². The molecule has 0 radical (unpaired) electrons. The number of anilines is 1. The van der Waals surface area contributed by atoms with E-state index in [-0.39, 0.29) is 18.0 Å². The number of carbonyl (C=O) groups is 1. The summed E-state index contributed by atoms with van der Waals surface area (Å²) in [6, 6.07) is 13.1. The van der Waals surface area contributed by atoms with Crippen LogP contribution in [0.3, 0.4) is 0 Å². The number of fused-ring (bicyclic) bond motifs is 1. The van der Waals surface area contributed by atoms with Crippen molar-refractivity contribution in [2.24, 2.45) is 0 Å². The molecule has 5 nitrogen and oxygen atoms in total. The lowest BCUT2D eigenvalue weighted by Gasteiger charge is -2.06. The fourth-order valence-corrected chi connectivity index (χ4v) is 2.40. The summed E-state index contributed by atoms with van der Waals surface area (Å²) in [5, 5.41) is 2.52. The topological polar surface area (TPSA) is 64.2 Å². The van der Waals surface area contributed by atoms with E-state index >= 15 is 0 Å². The molecule has 0 spiro atoms. The molecule has 0 saturated heterocycles. The Morgan fingerprint density at radius 1 is 1.13 bits per heavy atom. The SMILES string of the molecule is O=C(CCCn1c(=O)oc2ccccc21)Nc1ccccc1F. The van der Waals surface area contributed by atoms with E-state index in [0.29, 0.717) is 24.1 Å². The van der Waals surface area contributed by atoms with E-state index < -0.39 is 11.6 Å². The number of amides is 1. The number of hydrogen-bond acceptors (Lipinski definition) is 3. The quantitative estimate of drug-likeness (QED) is 0.787. The predicted molar refractivity (Wildman–Crippen MR) is 84.7 cm³/mol. The van der Waals surface area contributed by atoms with Crippen molar-refractivity contribution in [2.75, 3.05) is 5.32 Å². The molecule has 1 N–H and O–H groups in total. The molecule has 2 aromatic carbocycles. The summed E-state index contributed by atoms with van der Waals surface area (Å²) in [6.45, 7) is 0.362. The van der Waals surface area contributed by atoms with E-state index in [0.717, 1.165) is 0 Å². The van der Waals surface area contributed by atoms with Crippen molar-refractivity contribution >= 4 is 22.7 Å². The van der Waals surface area contributed by atoms with Crippen LogP contribution in [0.1, 0.15) is 12.8 Å². The number of hydrogen-bond donors (Lipinski definition) is 1. The van der Waals surface area contributed by atoms with Crippen LogP contribution in [0.5, 0.6) is 0 Å². The molecular weight excluding hydrogens is 299 g/mol. The van der Waals surface area contributed by atoms with Crippen molar-refractivity contribution < 1.29 is 13.6 Å². The van der Waals surface area contributed by atoms with Crippen LogP contribution in [0, 0.1) is 5.82 Å². The van der Waals surface area contributed by atoms with Gasteiger partial charge in [-0.05, 0) is 30.7 Å². The molecule has 23 heavy (non-hydrogen) atoms. The molecule has 0 bridgehead atoms. The van der Waals surface area contributed by atoms with E-state index in [2.05, 4.69) is 5.32 Å². The second-order valence-electron chi connectivity index (χ2n) is 5.12. The van der Waals surface area contributed by atoms with Crippen LogP contribution in [0.25, 0.3) is 11.1 Å². The number of nitrogens with one attached hydrogen (secondary N) is 1. The van der Waals surface area contributed by atoms with E-state index in [4.69, 9.17) is 4.42 Å². The molecule has 0 aliphatic rings. The van der Waals surface area contributed by atoms with E-state index in [1.807, 2.05) is 6.07 Å². The summed E-state index contributed by atoms with van der Waals surface area (Å²) < 4.78 is 20.1. The van der Waals surface area contributed by atoms with Gasteiger partial charge in [-0.15, -0.1) is 0 Å². The predicted octanol–water partition coefficient (Wildman–Crippen LogP) is 3.15. The van der Waals surface area contributed by atoms with Crippen LogP contribution < -0.4 is 11.1 Å². The highest BCUT2D eigenvalue weighted by Crippen LogP contribution is 2.14. The van der Waals surface area contributed by atoms with Crippen LogP contribution in [-0.2, 0) is 11.3 Å². The minimum absolute atomic E-state index is 0.156. The van der Waals surface area contributed by atoms with E-state index in [9.17, 15) is 14.0 Å². The summed E-state index contributed by atoms with van der Waals surface area (Å²) in [5.74, 6) is -1.21. The van der Waals surface area contributed by atoms with E-state index in [1.54, 1.807) is 30.3 Å². The molecule has 0 fully saturated rings. The third kappa shape index (κ3) is 3.31. The zero-order chi connectivity index (χ0) is 16.2. The van der Waals surface area contributed by atoms with Crippen molar-refractivity contribution in [3.05, 3.63) is 64.9 Å². The maximum atomic E-state index is 13.5. The lowest BCUT2D eigenvalue weighted by Crippen LogP contribution is -2.17. The Labute approximate surface area is 131 Å². The van der Waals surface area contributed by atoms with Gasteiger partial charge in [0.05, 0.1) is 11.2 Å². The van der Waals surface area contributed by atoms with Crippen molar-refractivity contribution in [1.29, 1.82) is 0 Å². The molecule has 6 heteroatoms. The first-order valence-corrected chi connectivity index (χ1v) is 7.28. The minimum Gasteiger partial charge on any atom is -0.408 e. The molecule has 0 atom stereocenters. The highest BCUT2D eigenvalue weighted by molar-refractivity contribution is 5.90. The Morgan fingerprint density at radius 2 is 1.87 bits per heavy atom. The Kier molecular flexibility index (Phi) is 4.23. The van der Waals surface area contributed by atoms with Gasteiger partial charge in [0.2, 0.25) is 5.91 Å². The maximum Gasteiger partial charge on any atom is 0.419 e. The van der Waals surface area contributed by atoms with Gasteiger partial charge in [-0.1, -0.05) is 24.3 Å². The molecule has 0 unspecified atom stereocenters. The molecule has 0 aliphatic heterocycles. The molecular formula is C17H15FN2O3. The average molecular weight is 314 g/mol. The Bertz CT molecular complexity index is 898. The van der Waals surface area contributed by atoms with Gasteiger partial charge in [-0.3, -0.25) is 9.36 Å². The van der Waals surface area contributed by atoms with Gasteiger partial charge >= 0.3 is 5.76 Å². The first kappa shape index (κ1) is 15.0. The Balaban J connectivity index is 1.61. The monoisotopic (exact) mass is 314 g/mol. The molecule has 3 aromatic rings. The van der Waals surface area contributed by atoms with Crippen molar-refractivity contribution in [3.63, 3.8) is 0 Å². The molecule has 0 aliphatic carbocycles. The molecule has 118 valence electrons. The number of rotatable bonds is 5. The second-order valence-corrected chi connectivity index (χ2v) is 5.12. The summed E-state index contributed by atoms with van der Waals surface area (Å²) in [4.78, 5) is 23.6. The highest BCUT2D eigenvalue weighted by Gasteiger charge is 2.10. The smallest absolute Gasteiger partial charge is 0.408 e. The minimum atomic E-state index is -0.474. The zero-order valence-electron chi connectivity index (χ0n) is 12.3. The largest absolute Gasteiger partial charge is 0.419 e. The van der Waals surface area contributed by atoms with Crippen LogP contribution in [0.4, 0.5) is 10.1 Å². The number of carbonyl (C=O) groups excluding carboxylic acids is 1. The lowest BCUT2D eigenvalue weighted by atomic mass is 10.2. The highest BCUT2D eigenvalue weighted by atomic mass is 19.1. The summed E-state index contributed by atoms with van der Waals surface area (Å²) >= 11 is 0. The van der Waals surface area contributed by atoms with Gasteiger partial charge in [-0.25, -0.2) is 9.18 Å². The third-order valence-electron chi connectivity index (χ3n) is 3.51. The van der Waals surface area contributed by atoms with Gasteiger partial charge < -0.3 is 9.73 Å². The first-order chi connectivity index (χ1) is 11.1. The molecule has 1 amide bonds. The Hall–Kier alpha value is -2.89. The van der Waals surface area contributed by atoms with Crippen molar-refractivity contribution in [1.82, 2.24) is 4.57 Å². The number of oxazole rings is 1. The number of halogens is 1. The van der Waals surface area contributed by atoms with E-state index in [1.165, 1.54) is 16.7 Å². The molecule has 3 rings (SSSR count). The van der Waals surface area contributed by atoms with Crippen LogP contribution in [0.15, 0.2) is 57.7 Å². The van der Waals surface area contributed by atoms with Crippen LogP contribution >= 0.6 is 0 Å². The lowest BCUT2D eigenvalue weighted by molar-refractivity contribution is -0.116. The van der Waals surface area contributed by atoms with Crippen molar-refractivity contribution in [3.8, 4) is 0 Å². The Morgan fingerprint density at radius 3 is 2.70 bits per heavy atom. The molecule has 1 heterocycles. The van der Waals surface area contributed by atoms with Crippen LogP contribution in [-0.4, -0.2) is 10.5 Å². The summed E-state index contributed by atoms with van der Waals surface area (Å²) in [7, 11) is 0. The average Bonchev–Trinajstić information content (AvgIpc) is 2.86. The zero-order valence-corrected chi connectivity index (χ0v) is 12.3. The summed E-state index contributed by atoms with van der Waals surface area (Å²) in [5.41, 5.74) is 1.38. The second kappa shape index (κ2) is 6.48. The number of aryl methyl sites for hydroxylation is 1. The van der Waals surface area contributed by atoms with Gasteiger partial charge in [-0.2, -0.15) is 0 Å². The van der Waals surface area contributed by atoms with Gasteiger partial charge in [0.1, 0.15) is 5.82 Å². The standard InChI is InChI=1S/C17H15FN2O3/c18-12-6-1-2-7-13(12)19-16(21)10-5-11-20-14-8-3-4-9-15(14)23-17(20)22/h1-4,6-9H,5,10-11H2,(H,19,21). The van der Waals surface area contributed by atoms with Gasteiger partial charge in [0.25, 0.3) is 0 Å². The normalized spacial score (nSPS) is 10.8.